The summed E-state index contributed by atoms with van der Waals surface area (Å²) >= 11 is 0. The monoisotopic (exact) mass is 511 g/mol. The molecule has 4 aromatic rings. The van der Waals surface area contributed by atoms with E-state index in [2.05, 4.69) is 15.0 Å². The number of hydrogen-bond acceptors (Lipinski definition) is 5. The van der Waals surface area contributed by atoms with Crippen LogP contribution in [0.2, 0.25) is 0 Å². The summed E-state index contributed by atoms with van der Waals surface area (Å²) in [4.78, 5) is 22.9. The van der Waals surface area contributed by atoms with Gasteiger partial charge in [0.25, 0.3) is 0 Å². The number of carboxylic acid groups (broad SMARTS) is 1. The van der Waals surface area contributed by atoms with Crippen LogP contribution in [0, 0.1) is 5.41 Å². The Morgan fingerprint density at radius 3 is 2.22 bits per heavy atom. The molecule has 0 unspecified atom stereocenters. The van der Waals surface area contributed by atoms with Crippen molar-refractivity contribution in [3.8, 4) is 45.4 Å². The molecule has 0 spiro atoms. The molecule has 7 nitrogen and oxygen atoms in total. The van der Waals surface area contributed by atoms with E-state index in [9.17, 15) is 23.1 Å². The van der Waals surface area contributed by atoms with Crippen LogP contribution in [0.25, 0.3) is 33.9 Å². The number of aromatic nitrogens is 3. The highest BCUT2D eigenvalue weighted by Gasteiger charge is 2.34. The van der Waals surface area contributed by atoms with E-state index in [-0.39, 0.29) is 23.6 Å². The third-order valence-electron chi connectivity index (χ3n) is 5.76. The summed E-state index contributed by atoms with van der Waals surface area (Å²) in [5.74, 6) is 0.0820. The Kier molecular flexibility index (Phi) is 6.93. The second-order valence-electron chi connectivity index (χ2n) is 8.99. The molecule has 37 heavy (non-hydrogen) atoms. The van der Waals surface area contributed by atoms with E-state index in [1.54, 1.807) is 56.4 Å². The van der Waals surface area contributed by atoms with Crippen molar-refractivity contribution in [3.63, 3.8) is 0 Å². The summed E-state index contributed by atoms with van der Waals surface area (Å²) in [6, 6.07) is 14.4. The molecule has 10 heteroatoms. The van der Waals surface area contributed by atoms with Crippen LogP contribution >= 0.6 is 0 Å². The number of rotatable bonds is 8. The largest absolute Gasteiger partial charge is 0.497 e. The highest BCUT2D eigenvalue weighted by Crippen LogP contribution is 2.39. The Bertz CT molecular complexity index is 1400. The minimum atomic E-state index is -4.56. The molecular formula is C27H24F3N3O4. The first-order chi connectivity index (χ1) is 17.5. The fourth-order valence-corrected chi connectivity index (χ4v) is 3.48. The highest BCUT2D eigenvalue weighted by atomic mass is 19.4. The number of ether oxygens (including phenoxy) is 2. The molecule has 4 rings (SSSR count). The first-order valence-electron chi connectivity index (χ1n) is 11.2. The van der Waals surface area contributed by atoms with Gasteiger partial charge >= 0.3 is 12.1 Å². The molecule has 0 radical (unpaired) electrons. The lowest BCUT2D eigenvalue weighted by atomic mass is 9.95. The first kappa shape index (κ1) is 25.7. The van der Waals surface area contributed by atoms with Crippen LogP contribution in [-0.4, -0.2) is 39.7 Å². The molecule has 0 saturated carbocycles. The fraction of sp³-hybridized carbons (Fsp3) is 0.222. The third kappa shape index (κ3) is 5.74. The van der Waals surface area contributed by atoms with Gasteiger partial charge in [-0.3, -0.25) is 9.78 Å². The van der Waals surface area contributed by atoms with Crippen LogP contribution in [0.5, 0.6) is 11.5 Å². The standard InChI is InChI=1S/C27H24F3N3O4/c1-26(2,25(34)35)15-37-18-7-4-16(5-8-18)22-11-6-17(13-31-22)24-32-14-23(33-24)20-10-9-19(36-3)12-21(20)27(28,29)30/h4-14H,15H2,1-3H3,(H,32,33)(H,34,35). The minimum absolute atomic E-state index is 0.0285. The molecule has 2 N–H and O–H groups in total. The molecule has 0 aliphatic heterocycles. The summed E-state index contributed by atoms with van der Waals surface area (Å²) in [7, 11) is 1.31. The molecule has 0 saturated heterocycles. The Labute approximate surface area is 210 Å². The van der Waals surface area contributed by atoms with Crippen molar-refractivity contribution in [2.45, 2.75) is 20.0 Å². The number of H-pyrrole nitrogens is 1. The van der Waals surface area contributed by atoms with Crippen LogP contribution in [0.15, 0.2) is 67.0 Å². The molecule has 0 aliphatic rings. The highest BCUT2D eigenvalue weighted by molar-refractivity contribution is 5.74. The number of aromatic amines is 1. The van der Waals surface area contributed by atoms with Crippen molar-refractivity contribution in [2.24, 2.45) is 5.41 Å². The number of aliphatic carboxylic acids is 1. The maximum Gasteiger partial charge on any atom is 0.417 e. The van der Waals surface area contributed by atoms with Gasteiger partial charge in [-0.05, 0) is 68.4 Å². The van der Waals surface area contributed by atoms with Crippen molar-refractivity contribution in [1.29, 1.82) is 0 Å². The number of halogens is 3. The summed E-state index contributed by atoms with van der Waals surface area (Å²) in [6.07, 6.45) is -1.63. The van der Waals surface area contributed by atoms with Crippen molar-refractivity contribution in [3.05, 3.63) is 72.6 Å². The zero-order valence-corrected chi connectivity index (χ0v) is 20.3. The predicted molar refractivity (Wildman–Crippen MR) is 131 cm³/mol. The van der Waals surface area contributed by atoms with Crippen LogP contribution in [-0.2, 0) is 11.0 Å². The summed E-state index contributed by atoms with van der Waals surface area (Å²) in [5.41, 5.74) is 0.430. The lowest BCUT2D eigenvalue weighted by Crippen LogP contribution is -2.30. The summed E-state index contributed by atoms with van der Waals surface area (Å²) < 4.78 is 51.4. The molecule has 0 bridgehead atoms. The molecule has 0 aliphatic carbocycles. The molecule has 0 fully saturated rings. The second-order valence-corrected chi connectivity index (χ2v) is 8.99. The van der Waals surface area contributed by atoms with Gasteiger partial charge in [-0.2, -0.15) is 13.2 Å². The Morgan fingerprint density at radius 2 is 1.62 bits per heavy atom. The van der Waals surface area contributed by atoms with Gasteiger partial charge in [-0.15, -0.1) is 0 Å². The Morgan fingerprint density at radius 1 is 0.946 bits per heavy atom. The van der Waals surface area contributed by atoms with Gasteiger partial charge < -0.3 is 19.6 Å². The van der Waals surface area contributed by atoms with Gasteiger partial charge in [0.15, 0.2) is 0 Å². The number of benzene rings is 2. The van der Waals surface area contributed by atoms with Crippen LogP contribution in [0.3, 0.4) is 0 Å². The number of nitrogens with zero attached hydrogens (tertiary/aromatic N) is 2. The van der Waals surface area contributed by atoms with Gasteiger partial charge in [0, 0.05) is 22.9 Å². The number of hydrogen-bond donors (Lipinski definition) is 2. The third-order valence-corrected chi connectivity index (χ3v) is 5.76. The maximum absolute atomic E-state index is 13.6. The van der Waals surface area contributed by atoms with Crippen LogP contribution in [0.4, 0.5) is 13.2 Å². The second kappa shape index (κ2) is 9.96. The van der Waals surface area contributed by atoms with E-state index in [1.165, 1.54) is 25.4 Å². The number of carboxylic acids is 1. The van der Waals surface area contributed by atoms with Crippen LogP contribution < -0.4 is 9.47 Å². The van der Waals surface area contributed by atoms with E-state index in [1.807, 2.05) is 0 Å². The van der Waals surface area contributed by atoms with Gasteiger partial charge in [-0.1, -0.05) is 0 Å². The summed E-state index contributed by atoms with van der Waals surface area (Å²) in [5, 5.41) is 9.20. The zero-order chi connectivity index (χ0) is 26.8. The number of imidazole rings is 1. The Balaban J connectivity index is 1.51. The number of pyridine rings is 1. The van der Waals surface area contributed by atoms with Gasteiger partial charge in [0.2, 0.25) is 0 Å². The van der Waals surface area contributed by atoms with Crippen molar-refractivity contribution in [1.82, 2.24) is 15.0 Å². The quantitative estimate of drug-likeness (QED) is 0.287. The van der Waals surface area contributed by atoms with E-state index >= 15 is 0 Å². The van der Waals surface area contributed by atoms with E-state index in [0.717, 1.165) is 11.6 Å². The maximum atomic E-state index is 13.6. The molecular weight excluding hydrogens is 487 g/mol. The van der Waals surface area contributed by atoms with Crippen molar-refractivity contribution in [2.75, 3.05) is 13.7 Å². The van der Waals surface area contributed by atoms with Gasteiger partial charge in [-0.25, -0.2) is 4.98 Å². The van der Waals surface area contributed by atoms with Crippen molar-refractivity contribution >= 4 is 5.97 Å². The lowest BCUT2D eigenvalue weighted by molar-refractivity contribution is -0.148. The predicted octanol–water partition coefficient (Wildman–Crippen LogP) is 6.32. The lowest BCUT2D eigenvalue weighted by Gasteiger charge is -2.19. The average molecular weight is 512 g/mol. The van der Waals surface area contributed by atoms with Gasteiger partial charge in [0.05, 0.1) is 35.7 Å². The molecule has 192 valence electrons. The summed E-state index contributed by atoms with van der Waals surface area (Å²) in [6.45, 7) is 3.20. The molecule has 2 aromatic carbocycles. The number of carbonyl (C=O) groups is 1. The molecule has 2 heterocycles. The zero-order valence-electron chi connectivity index (χ0n) is 20.3. The SMILES string of the molecule is COc1ccc(-c2cnc(-c3ccc(-c4ccc(OCC(C)(C)C(=O)O)cc4)nc3)[nH]2)c(C(F)(F)F)c1. The first-order valence-corrected chi connectivity index (χ1v) is 11.2. The molecule has 0 atom stereocenters. The normalized spacial score (nSPS) is 11.8. The van der Waals surface area contributed by atoms with E-state index in [4.69, 9.17) is 9.47 Å². The molecule has 2 aromatic heterocycles. The Hall–Kier alpha value is -4.34. The topological polar surface area (TPSA) is 97.3 Å². The number of alkyl halides is 3. The number of methoxy groups -OCH3 is 1. The molecule has 0 amide bonds. The van der Waals surface area contributed by atoms with Crippen molar-refractivity contribution < 1.29 is 32.5 Å². The number of nitrogens with one attached hydrogen (secondary N) is 1. The average Bonchev–Trinajstić information content (AvgIpc) is 3.37. The van der Waals surface area contributed by atoms with Crippen LogP contribution in [0.1, 0.15) is 19.4 Å². The smallest absolute Gasteiger partial charge is 0.417 e. The minimum Gasteiger partial charge on any atom is -0.497 e. The van der Waals surface area contributed by atoms with E-state index < -0.39 is 23.1 Å². The fourth-order valence-electron chi connectivity index (χ4n) is 3.48. The van der Waals surface area contributed by atoms with E-state index in [0.29, 0.717) is 22.8 Å². The van der Waals surface area contributed by atoms with Gasteiger partial charge in [0.1, 0.15) is 23.9 Å².